The summed E-state index contributed by atoms with van der Waals surface area (Å²) in [5, 5.41) is 11.6. The molecule has 100 valence electrons. The number of hydrogen-bond acceptors (Lipinski definition) is 3. The predicted octanol–water partition coefficient (Wildman–Crippen LogP) is 1.46. The molecule has 2 rings (SSSR count). The highest BCUT2D eigenvalue weighted by Crippen LogP contribution is 2.19. The zero-order chi connectivity index (χ0) is 13.7. The summed E-state index contributed by atoms with van der Waals surface area (Å²) in [5.74, 6) is 5.31. The Balaban J connectivity index is 2.12. The first-order chi connectivity index (χ1) is 9.20. The molecule has 19 heavy (non-hydrogen) atoms. The fourth-order valence-electron chi connectivity index (χ4n) is 1.97. The number of benzene rings is 1. The first kappa shape index (κ1) is 13.6. The van der Waals surface area contributed by atoms with Crippen LogP contribution in [0, 0.1) is 18.8 Å². The number of amides is 1. The van der Waals surface area contributed by atoms with Crippen LogP contribution in [-0.2, 0) is 9.53 Å². The molecule has 0 radical (unpaired) electrons. The van der Waals surface area contributed by atoms with Crippen molar-refractivity contribution in [3.05, 3.63) is 29.3 Å². The number of aliphatic hydroxyl groups is 1. The number of rotatable bonds is 2. The molecule has 0 aromatic heterocycles. The van der Waals surface area contributed by atoms with Crippen molar-refractivity contribution in [1.82, 2.24) is 0 Å². The molecule has 0 bridgehead atoms. The molecule has 1 heterocycles. The lowest BCUT2D eigenvalue weighted by Crippen LogP contribution is -2.27. The summed E-state index contributed by atoms with van der Waals surface area (Å²) in [4.78, 5) is 12.0. The standard InChI is InChI=1S/C15H17NO3/c1-11-6-7-12(4-2-8-17)10-13(11)16-15(18)14-5-3-9-19-14/h6-7,10,14,17H,3,5,8-9H2,1H3,(H,16,18). The average molecular weight is 259 g/mol. The normalized spacial score (nSPS) is 17.7. The monoisotopic (exact) mass is 259 g/mol. The highest BCUT2D eigenvalue weighted by molar-refractivity contribution is 5.95. The van der Waals surface area contributed by atoms with Gasteiger partial charge in [0.05, 0.1) is 0 Å². The summed E-state index contributed by atoms with van der Waals surface area (Å²) in [5.41, 5.74) is 2.48. The Bertz CT molecular complexity index is 522. The van der Waals surface area contributed by atoms with Crippen LogP contribution in [0.4, 0.5) is 5.69 Å². The fraction of sp³-hybridized carbons (Fsp3) is 0.400. The summed E-state index contributed by atoms with van der Waals surface area (Å²) < 4.78 is 5.35. The molecule has 1 aliphatic heterocycles. The van der Waals surface area contributed by atoms with E-state index in [9.17, 15) is 4.79 Å². The second kappa shape index (κ2) is 6.37. The maximum atomic E-state index is 12.0. The van der Waals surface area contributed by atoms with Gasteiger partial charge in [-0.15, -0.1) is 0 Å². The van der Waals surface area contributed by atoms with Gasteiger partial charge >= 0.3 is 0 Å². The van der Waals surface area contributed by atoms with Crippen molar-refractivity contribution >= 4 is 11.6 Å². The molecule has 1 aliphatic rings. The zero-order valence-corrected chi connectivity index (χ0v) is 10.9. The van der Waals surface area contributed by atoms with Crippen molar-refractivity contribution in [3.63, 3.8) is 0 Å². The summed E-state index contributed by atoms with van der Waals surface area (Å²) in [6, 6.07) is 5.57. The van der Waals surface area contributed by atoms with Crippen LogP contribution in [0.3, 0.4) is 0 Å². The van der Waals surface area contributed by atoms with Crippen LogP contribution in [0.5, 0.6) is 0 Å². The molecule has 0 saturated carbocycles. The third-order valence-electron chi connectivity index (χ3n) is 3.03. The van der Waals surface area contributed by atoms with Gasteiger partial charge in [0.15, 0.2) is 0 Å². The summed E-state index contributed by atoms with van der Waals surface area (Å²) in [6.45, 7) is 2.40. The lowest BCUT2D eigenvalue weighted by molar-refractivity contribution is -0.124. The Hall–Kier alpha value is -1.83. The van der Waals surface area contributed by atoms with Crippen molar-refractivity contribution in [1.29, 1.82) is 0 Å². The van der Waals surface area contributed by atoms with Gasteiger partial charge in [0, 0.05) is 17.9 Å². The average Bonchev–Trinajstić information content (AvgIpc) is 2.93. The number of ether oxygens (including phenoxy) is 1. The van der Waals surface area contributed by atoms with Gasteiger partial charge in [-0.3, -0.25) is 4.79 Å². The molecule has 2 N–H and O–H groups in total. The molecule has 1 saturated heterocycles. The van der Waals surface area contributed by atoms with E-state index >= 15 is 0 Å². The van der Waals surface area contributed by atoms with Gasteiger partial charge in [0.1, 0.15) is 12.7 Å². The van der Waals surface area contributed by atoms with Gasteiger partial charge in [-0.25, -0.2) is 0 Å². The van der Waals surface area contributed by atoms with Gasteiger partial charge in [-0.2, -0.15) is 0 Å². The number of carbonyl (C=O) groups excluding carboxylic acids is 1. The Labute approximate surface area is 112 Å². The van der Waals surface area contributed by atoms with Crippen molar-refractivity contribution in [3.8, 4) is 11.8 Å². The molecule has 1 atom stereocenters. The van der Waals surface area contributed by atoms with Crippen LogP contribution < -0.4 is 5.32 Å². The minimum atomic E-state index is -0.341. The maximum absolute atomic E-state index is 12.0. The van der Waals surface area contributed by atoms with Gasteiger partial charge in [-0.1, -0.05) is 17.9 Å². The van der Waals surface area contributed by atoms with E-state index in [4.69, 9.17) is 9.84 Å². The number of anilines is 1. The lowest BCUT2D eigenvalue weighted by Gasteiger charge is -2.12. The third kappa shape index (κ3) is 3.57. The molecular formula is C15H17NO3. The number of hydrogen-bond donors (Lipinski definition) is 2. The Morgan fingerprint density at radius 1 is 1.58 bits per heavy atom. The highest BCUT2D eigenvalue weighted by Gasteiger charge is 2.23. The van der Waals surface area contributed by atoms with Crippen LogP contribution in [0.2, 0.25) is 0 Å². The number of nitrogens with one attached hydrogen (secondary N) is 1. The van der Waals surface area contributed by atoms with Gasteiger partial charge in [0.2, 0.25) is 0 Å². The SMILES string of the molecule is Cc1ccc(C#CCO)cc1NC(=O)C1CCCO1. The van der Waals surface area contributed by atoms with E-state index in [0.717, 1.165) is 29.7 Å². The Morgan fingerprint density at radius 3 is 3.11 bits per heavy atom. The lowest BCUT2D eigenvalue weighted by atomic mass is 10.1. The van der Waals surface area contributed by atoms with E-state index in [0.29, 0.717) is 6.61 Å². The van der Waals surface area contributed by atoms with Crippen LogP contribution >= 0.6 is 0 Å². The molecule has 1 fully saturated rings. The minimum absolute atomic E-state index is 0.104. The number of aryl methyl sites for hydroxylation is 1. The van der Waals surface area contributed by atoms with Crippen molar-refractivity contribution in [2.24, 2.45) is 0 Å². The molecule has 1 aromatic rings. The van der Waals surface area contributed by atoms with E-state index < -0.39 is 0 Å². The van der Waals surface area contributed by atoms with Gasteiger partial charge in [0.25, 0.3) is 5.91 Å². The molecule has 0 aliphatic carbocycles. The second-order valence-electron chi connectivity index (χ2n) is 4.48. The first-order valence-corrected chi connectivity index (χ1v) is 6.33. The molecule has 4 heteroatoms. The molecule has 1 aromatic carbocycles. The van der Waals surface area contributed by atoms with Gasteiger partial charge in [-0.05, 0) is 37.5 Å². The quantitative estimate of drug-likeness (QED) is 0.790. The summed E-state index contributed by atoms with van der Waals surface area (Å²) in [6.07, 6.45) is 1.36. The van der Waals surface area contributed by atoms with E-state index in [-0.39, 0.29) is 18.6 Å². The van der Waals surface area contributed by atoms with E-state index in [1.807, 2.05) is 25.1 Å². The number of aliphatic hydroxyl groups excluding tert-OH is 1. The largest absolute Gasteiger partial charge is 0.384 e. The summed E-state index contributed by atoms with van der Waals surface area (Å²) >= 11 is 0. The second-order valence-corrected chi connectivity index (χ2v) is 4.48. The van der Waals surface area contributed by atoms with Crippen LogP contribution in [0.25, 0.3) is 0 Å². The van der Waals surface area contributed by atoms with Crippen LogP contribution in [0.1, 0.15) is 24.0 Å². The summed E-state index contributed by atoms with van der Waals surface area (Å²) in [7, 11) is 0. The Kier molecular flexibility index (Phi) is 4.56. The number of carbonyl (C=O) groups is 1. The maximum Gasteiger partial charge on any atom is 0.253 e. The topological polar surface area (TPSA) is 58.6 Å². The molecular weight excluding hydrogens is 242 g/mol. The van der Waals surface area contributed by atoms with Crippen molar-refractivity contribution in [2.75, 3.05) is 18.5 Å². The first-order valence-electron chi connectivity index (χ1n) is 6.33. The van der Waals surface area contributed by atoms with Gasteiger partial charge < -0.3 is 15.2 Å². The van der Waals surface area contributed by atoms with E-state index in [1.165, 1.54) is 0 Å². The van der Waals surface area contributed by atoms with Crippen LogP contribution in [-0.4, -0.2) is 30.3 Å². The van der Waals surface area contributed by atoms with Crippen molar-refractivity contribution in [2.45, 2.75) is 25.9 Å². The molecule has 1 unspecified atom stereocenters. The minimum Gasteiger partial charge on any atom is -0.384 e. The highest BCUT2D eigenvalue weighted by atomic mass is 16.5. The fourth-order valence-corrected chi connectivity index (χ4v) is 1.97. The predicted molar refractivity (Wildman–Crippen MR) is 72.7 cm³/mol. The van der Waals surface area contributed by atoms with E-state index in [1.54, 1.807) is 0 Å². The van der Waals surface area contributed by atoms with E-state index in [2.05, 4.69) is 17.2 Å². The smallest absolute Gasteiger partial charge is 0.253 e. The third-order valence-corrected chi connectivity index (χ3v) is 3.03. The molecule has 0 spiro atoms. The zero-order valence-electron chi connectivity index (χ0n) is 10.9. The molecule has 4 nitrogen and oxygen atoms in total. The van der Waals surface area contributed by atoms with Crippen molar-refractivity contribution < 1.29 is 14.6 Å². The van der Waals surface area contributed by atoms with Crippen LogP contribution in [0.15, 0.2) is 18.2 Å². The molecule has 1 amide bonds. The Morgan fingerprint density at radius 2 is 2.42 bits per heavy atom.